The third kappa shape index (κ3) is 3.06. The third-order valence-electron chi connectivity index (χ3n) is 3.99. The van der Waals surface area contributed by atoms with Crippen LogP contribution in [0.25, 0.3) is 0 Å². The fourth-order valence-electron chi connectivity index (χ4n) is 2.79. The number of hydrogen-bond acceptors (Lipinski definition) is 4. The first-order chi connectivity index (χ1) is 10.1. The second-order valence-corrected chi connectivity index (χ2v) is 5.44. The van der Waals surface area contributed by atoms with Crippen molar-refractivity contribution in [1.29, 1.82) is 0 Å². The maximum absolute atomic E-state index is 12.5. The van der Waals surface area contributed by atoms with E-state index in [1.165, 1.54) is 0 Å². The van der Waals surface area contributed by atoms with Gasteiger partial charge in [-0.15, -0.1) is 0 Å². The van der Waals surface area contributed by atoms with E-state index in [4.69, 9.17) is 9.84 Å². The first-order valence-electron chi connectivity index (χ1n) is 7.06. The number of benzene rings is 1. The second-order valence-electron chi connectivity index (χ2n) is 5.44. The highest BCUT2D eigenvalue weighted by Crippen LogP contribution is 2.21. The van der Waals surface area contributed by atoms with Gasteiger partial charge in [-0.1, -0.05) is 6.07 Å². The summed E-state index contributed by atoms with van der Waals surface area (Å²) in [6, 6.07) is 5.71. The van der Waals surface area contributed by atoms with E-state index in [1.807, 2.05) is 23.1 Å². The molecule has 1 aromatic rings. The van der Waals surface area contributed by atoms with Gasteiger partial charge in [0.2, 0.25) is 0 Å². The minimum absolute atomic E-state index is 0.0136. The van der Waals surface area contributed by atoms with Crippen LogP contribution >= 0.6 is 0 Å². The quantitative estimate of drug-likeness (QED) is 0.881. The fourth-order valence-corrected chi connectivity index (χ4v) is 2.79. The van der Waals surface area contributed by atoms with E-state index >= 15 is 0 Å². The van der Waals surface area contributed by atoms with Crippen LogP contribution in [0.1, 0.15) is 21.5 Å². The van der Waals surface area contributed by atoms with Crippen LogP contribution in [0, 0.1) is 0 Å². The largest absolute Gasteiger partial charge is 0.480 e. The summed E-state index contributed by atoms with van der Waals surface area (Å²) in [6.45, 7) is 3.58. The molecule has 0 atom stereocenters. The van der Waals surface area contributed by atoms with Gasteiger partial charge in [-0.05, 0) is 23.3 Å². The van der Waals surface area contributed by atoms with E-state index in [1.54, 1.807) is 4.90 Å². The van der Waals surface area contributed by atoms with Crippen molar-refractivity contribution in [3.05, 3.63) is 34.9 Å². The summed E-state index contributed by atoms with van der Waals surface area (Å²) in [6.07, 6.45) is 0. The summed E-state index contributed by atoms with van der Waals surface area (Å²) >= 11 is 0. The molecule has 2 aliphatic rings. The van der Waals surface area contributed by atoms with Crippen molar-refractivity contribution in [2.45, 2.75) is 13.2 Å². The average molecular weight is 290 g/mol. The molecule has 6 nitrogen and oxygen atoms in total. The highest BCUT2D eigenvalue weighted by Gasteiger charge is 2.24. The molecule has 2 heterocycles. The lowest BCUT2D eigenvalue weighted by Crippen LogP contribution is -2.49. The van der Waals surface area contributed by atoms with Gasteiger partial charge in [-0.2, -0.15) is 0 Å². The van der Waals surface area contributed by atoms with Gasteiger partial charge in [0, 0.05) is 31.7 Å². The Morgan fingerprint density at radius 2 is 1.81 bits per heavy atom. The summed E-state index contributed by atoms with van der Waals surface area (Å²) in [4.78, 5) is 26.8. The van der Waals surface area contributed by atoms with Crippen LogP contribution in [0.4, 0.5) is 0 Å². The topological polar surface area (TPSA) is 70.1 Å². The number of amides is 1. The number of ether oxygens (including phenoxy) is 1. The van der Waals surface area contributed by atoms with Crippen molar-refractivity contribution in [3.8, 4) is 0 Å². The SMILES string of the molecule is O=C(O)CN1CCN(C(=O)c2ccc3c(c2)COC3)CC1. The molecule has 3 rings (SSSR count). The summed E-state index contributed by atoms with van der Waals surface area (Å²) in [5, 5.41) is 8.77. The molecule has 6 heteroatoms. The van der Waals surface area contributed by atoms with Crippen LogP contribution in [0.2, 0.25) is 0 Å². The number of carbonyl (C=O) groups excluding carboxylic acids is 1. The Balaban J connectivity index is 1.63. The normalized spacial score (nSPS) is 18.6. The standard InChI is InChI=1S/C15H18N2O4/c18-14(19)8-16-3-5-17(6-4-16)15(20)11-1-2-12-9-21-10-13(12)7-11/h1-2,7H,3-6,8-10H2,(H,18,19). The molecule has 0 unspecified atom stereocenters. The van der Waals surface area contributed by atoms with Crippen molar-refractivity contribution in [2.24, 2.45) is 0 Å². The second kappa shape index (κ2) is 5.83. The number of carboxylic acids is 1. The first-order valence-corrected chi connectivity index (χ1v) is 7.06. The zero-order valence-electron chi connectivity index (χ0n) is 11.7. The van der Waals surface area contributed by atoms with Crippen LogP contribution in [0.15, 0.2) is 18.2 Å². The van der Waals surface area contributed by atoms with Gasteiger partial charge >= 0.3 is 5.97 Å². The van der Waals surface area contributed by atoms with Crippen LogP contribution in [0.5, 0.6) is 0 Å². The van der Waals surface area contributed by atoms with Crippen molar-refractivity contribution in [3.63, 3.8) is 0 Å². The Kier molecular flexibility index (Phi) is 3.90. The molecular weight excluding hydrogens is 272 g/mol. The summed E-state index contributed by atoms with van der Waals surface area (Å²) in [5.41, 5.74) is 2.93. The van der Waals surface area contributed by atoms with Gasteiger partial charge in [-0.25, -0.2) is 0 Å². The molecule has 112 valence electrons. The minimum Gasteiger partial charge on any atom is -0.480 e. The highest BCUT2D eigenvalue weighted by molar-refractivity contribution is 5.94. The maximum atomic E-state index is 12.5. The molecule has 0 radical (unpaired) electrons. The van der Waals surface area contributed by atoms with Crippen molar-refractivity contribution >= 4 is 11.9 Å². The molecule has 21 heavy (non-hydrogen) atoms. The van der Waals surface area contributed by atoms with Gasteiger partial charge in [0.1, 0.15) is 0 Å². The lowest BCUT2D eigenvalue weighted by atomic mass is 10.1. The van der Waals surface area contributed by atoms with Gasteiger partial charge in [-0.3, -0.25) is 14.5 Å². The van der Waals surface area contributed by atoms with Gasteiger partial charge in [0.15, 0.2) is 0 Å². The number of rotatable bonds is 3. The number of aliphatic carboxylic acids is 1. The average Bonchev–Trinajstić information content (AvgIpc) is 2.94. The Hall–Kier alpha value is -1.92. The Morgan fingerprint density at radius 1 is 1.10 bits per heavy atom. The predicted molar refractivity (Wildman–Crippen MR) is 74.9 cm³/mol. The Morgan fingerprint density at radius 3 is 2.52 bits per heavy atom. The summed E-state index contributed by atoms with van der Waals surface area (Å²) in [5.74, 6) is -0.812. The zero-order valence-corrected chi connectivity index (χ0v) is 11.7. The smallest absolute Gasteiger partial charge is 0.317 e. The van der Waals surface area contributed by atoms with E-state index in [2.05, 4.69) is 0 Å². The highest BCUT2D eigenvalue weighted by atomic mass is 16.5. The van der Waals surface area contributed by atoms with E-state index in [9.17, 15) is 9.59 Å². The number of fused-ring (bicyclic) bond motifs is 1. The molecule has 1 aromatic carbocycles. The molecule has 0 spiro atoms. The van der Waals surface area contributed by atoms with Crippen LogP contribution in [-0.4, -0.2) is 59.5 Å². The third-order valence-corrected chi connectivity index (χ3v) is 3.99. The zero-order chi connectivity index (χ0) is 14.8. The molecule has 0 aliphatic carbocycles. The van der Waals surface area contributed by atoms with E-state index in [-0.39, 0.29) is 12.5 Å². The summed E-state index contributed by atoms with van der Waals surface area (Å²) in [7, 11) is 0. The number of nitrogens with zero attached hydrogens (tertiary/aromatic N) is 2. The van der Waals surface area contributed by atoms with Gasteiger partial charge in [0.05, 0.1) is 19.8 Å². The maximum Gasteiger partial charge on any atom is 0.317 e. The molecule has 0 aromatic heterocycles. The molecule has 1 saturated heterocycles. The Labute approximate surface area is 122 Å². The molecule has 1 amide bonds. The van der Waals surface area contributed by atoms with Crippen LogP contribution < -0.4 is 0 Å². The van der Waals surface area contributed by atoms with Crippen LogP contribution in [0.3, 0.4) is 0 Å². The van der Waals surface area contributed by atoms with E-state index < -0.39 is 5.97 Å². The van der Waals surface area contributed by atoms with Gasteiger partial charge in [0.25, 0.3) is 5.91 Å². The lowest BCUT2D eigenvalue weighted by Gasteiger charge is -2.33. The number of carboxylic acid groups (broad SMARTS) is 1. The van der Waals surface area contributed by atoms with Crippen molar-refractivity contribution in [2.75, 3.05) is 32.7 Å². The van der Waals surface area contributed by atoms with Gasteiger partial charge < -0.3 is 14.7 Å². The summed E-state index contributed by atoms with van der Waals surface area (Å²) < 4.78 is 5.36. The fraction of sp³-hybridized carbons (Fsp3) is 0.467. The monoisotopic (exact) mass is 290 g/mol. The molecular formula is C15H18N2O4. The molecule has 2 aliphatic heterocycles. The number of hydrogen-bond donors (Lipinski definition) is 1. The van der Waals surface area contributed by atoms with Crippen molar-refractivity contribution < 1.29 is 19.4 Å². The molecule has 1 fully saturated rings. The minimum atomic E-state index is -0.826. The van der Waals surface area contributed by atoms with Crippen LogP contribution in [-0.2, 0) is 22.7 Å². The molecule has 0 saturated carbocycles. The predicted octanol–water partition coefficient (Wildman–Crippen LogP) is 0.559. The molecule has 0 bridgehead atoms. The number of carbonyl (C=O) groups is 2. The van der Waals surface area contributed by atoms with E-state index in [0.29, 0.717) is 45.0 Å². The van der Waals surface area contributed by atoms with Crippen molar-refractivity contribution in [1.82, 2.24) is 9.80 Å². The number of piperazine rings is 1. The lowest BCUT2D eigenvalue weighted by molar-refractivity contribution is -0.138. The Bertz CT molecular complexity index is 565. The molecule has 1 N–H and O–H groups in total. The first kappa shape index (κ1) is 14.0. The van der Waals surface area contributed by atoms with E-state index in [0.717, 1.165) is 11.1 Å².